The maximum Gasteiger partial charge on any atom is 0.186 e. The number of methoxy groups -OCH3 is 1. The van der Waals surface area contributed by atoms with Crippen molar-refractivity contribution in [2.24, 2.45) is 0 Å². The predicted molar refractivity (Wildman–Crippen MR) is 127 cm³/mol. The van der Waals surface area contributed by atoms with Gasteiger partial charge in [-0.1, -0.05) is 58.5 Å². The van der Waals surface area contributed by atoms with Crippen molar-refractivity contribution in [3.8, 4) is 0 Å². The van der Waals surface area contributed by atoms with Gasteiger partial charge >= 0.3 is 0 Å². The number of hydrogen-bond donors (Lipinski definition) is 0. The van der Waals surface area contributed by atoms with Crippen molar-refractivity contribution in [1.82, 2.24) is 0 Å². The average Bonchev–Trinajstić information content (AvgIpc) is 3.05. The van der Waals surface area contributed by atoms with E-state index in [1.54, 1.807) is 31.4 Å². The Morgan fingerprint density at radius 2 is 1.47 bits per heavy atom. The van der Waals surface area contributed by atoms with E-state index in [0.717, 1.165) is 11.1 Å². The van der Waals surface area contributed by atoms with Crippen LogP contribution in [-0.2, 0) is 36.9 Å². The SMILES string of the molecule is COC1O[C@H](COCc2ccc(Cl)cc2Cl)[C@@H](OCc2ccc(Cl)cc2Cl)[C@H]1OC(C)C. The van der Waals surface area contributed by atoms with Crippen LogP contribution < -0.4 is 0 Å². The number of rotatable bonds is 10. The van der Waals surface area contributed by atoms with Crippen LogP contribution in [0.25, 0.3) is 0 Å². The molecule has 0 N–H and O–H groups in total. The van der Waals surface area contributed by atoms with E-state index in [2.05, 4.69) is 0 Å². The molecule has 5 nitrogen and oxygen atoms in total. The van der Waals surface area contributed by atoms with Gasteiger partial charge in [0.05, 0.1) is 25.9 Å². The second-order valence-corrected chi connectivity index (χ2v) is 9.38. The van der Waals surface area contributed by atoms with Crippen LogP contribution >= 0.6 is 46.4 Å². The summed E-state index contributed by atoms with van der Waals surface area (Å²) in [6.45, 7) is 4.73. The van der Waals surface area contributed by atoms with Crippen LogP contribution in [0.5, 0.6) is 0 Å². The molecule has 2 aromatic carbocycles. The number of hydrogen-bond acceptors (Lipinski definition) is 5. The Labute approximate surface area is 208 Å². The molecule has 4 atom stereocenters. The Balaban J connectivity index is 1.69. The van der Waals surface area contributed by atoms with Gasteiger partial charge in [0.1, 0.15) is 18.3 Å². The van der Waals surface area contributed by atoms with Crippen molar-refractivity contribution in [3.63, 3.8) is 0 Å². The molecule has 3 rings (SSSR count). The zero-order chi connectivity index (χ0) is 23.3. The van der Waals surface area contributed by atoms with Gasteiger partial charge in [-0.15, -0.1) is 0 Å². The summed E-state index contributed by atoms with van der Waals surface area (Å²) in [7, 11) is 1.57. The molecule has 1 heterocycles. The van der Waals surface area contributed by atoms with Gasteiger partial charge in [0.2, 0.25) is 0 Å². The van der Waals surface area contributed by atoms with Gasteiger partial charge < -0.3 is 23.7 Å². The van der Waals surface area contributed by atoms with E-state index in [1.165, 1.54) is 0 Å². The van der Waals surface area contributed by atoms with Crippen LogP contribution in [0.15, 0.2) is 36.4 Å². The summed E-state index contributed by atoms with van der Waals surface area (Å²) in [5.74, 6) is 0. The van der Waals surface area contributed by atoms with Crippen molar-refractivity contribution < 1.29 is 23.7 Å². The molecule has 1 saturated heterocycles. The first kappa shape index (κ1) is 26.0. The highest BCUT2D eigenvalue weighted by Gasteiger charge is 2.47. The molecule has 0 bridgehead atoms. The number of ether oxygens (including phenoxy) is 5. The van der Waals surface area contributed by atoms with Crippen LogP contribution in [0.3, 0.4) is 0 Å². The molecule has 176 valence electrons. The lowest BCUT2D eigenvalue weighted by molar-refractivity contribution is -0.176. The highest BCUT2D eigenvalue weighted by molar-refractivity contribution is 6.35. The summed E-state index contributed by atoms with van der Waals surface area (Å²) < 4.78 is 29.8. The van der Waals surface area contributed by atoms with Gasteiger partial charge in [0.15, 0.2) is 6.29 Å². The first-order chi connectivity index (χ1) is 15.3. The van der Waals surface area contributed by atoms with Crippen LogP contribution in [-0.4, -0.2) is 44.4 Å². The molecule has 0 aromatic heterocycles. The minimum atomic E-state index is -0.587. The van der Waals surface area contributed by atoms with Crippen LogP contribution in [0.2, 0.25) is 20.1 Å². The van der Waals surface area contributed by atoms with Gasteiger partial charge in [0.25, 0.3) is 0 Å². The maximum absolute atomic E-state index is 6.31. The third-order valence-electron chi connectivity index (χ3n) is 4.93. The van der Waals surface area contributed by atoms with E-state index in [-0.39, 0.29) is 19.3 Å². The lowest BCUT2D eigenvalue weighted by Gasteiger charge is -2.26. The molecule has 1 aliphatic heterocycles. The Morgan fingerprint density at radius 1 is 0.875 bits per heavy atom. The normalized spacial score (nSPS) is 23.2. The molecule has 1 aliphatic rings. The summed E-state index contributed by atoms with van der Waals surface area (Å²) in [6, 6.07) is 10.6. The Morgan fingerprint density at radius 3 is 2.00 bits per heavy atom. The second-order valence-electron chi connectivity index (χ2n) is 7.69. The molecule has 0 amide bonds. The Kier molecular flexibility index (Phi) is 9.92. The highest BCUT2D eigenvalue weighted by Crippen LogP contribution is 2.31. The van der Waals surface area contributed by atoms with Crippen LogP contribution in [0, 0.1) is 0 Å². The molecule has 2 aromatic rings. The third-order valence-corrected chi connectivity index (χ3v) is 6.10. The zero-order valence-electron chi connectivity index (χ0n) is 18.0. The van der Waals surface area contributed by atoms with Crippen molar-refractivity contribution in [3.05, 3.63) is 67.6 Å². The standard InChI is InChI=1S/C23H26Cl4O5/c1-13(2)31-22-21(30-11-15-5-7-17(25)9-19(15)27)20(32-23(22)28-3)12-29-10-14-4-6-16(24)8-18(14)26/h4-9,13,20-23H,10-12H2,1-3H3/t20-,21-,22-,23?/m1/s1. The van der Waals surface area contributed by atoms with E-state index in [1.807, 2.05) is 26.0 Å². The summed E-state index contributed by atoms with van der Waals surface area (Å²) in [6.07, 6.45) is -1.91. The van der Waals surface area contributed by atoms with Crippen molar-refractivity contribution in [2.45, 2.75) is 57.8 Å². The third kappa shape index (κ3) is 6.95. The van der Waals surface area contributed by atoms with E-state index in [9.17, 15) is 0 Å². The number of benzene rings is 2. The largest absolute Gasteiger partial charge is 0.374 e. The fourth-order valence-electron chi connectivity index (χ4n) is 3.42. The van der Waals surface area contributed by atoms with E-state index in [0.29, 0.717) is 26.7 Å². The molecular formula is C23H26Cl4O5. The van der Waals surface area contributed by atoms with Crippen molar-refractivity contribution in [1.29, 1.82) is 0 Å². The molecule has 1 fully saturated rings. The molecular weight excluding hydrogens is 498 g/mol. The monoisotopic (exact) mass is 522 g/mol. The molecule has 0 spiro atoms. The van der Waals surface area contributed by atoms with E-state index >= 15 is 0 Å². The predicted octanol–water partition coefficient (Wildman–Crippen LogP) is 6.57. The Bertz CT molecular complexity index is 895. The summed E-state index contributed by atoms with van der Waals surface area (Å²) >= 11 is 24.5. The van der Waals surface area contributed by atoms with E-state index < -0.39 is 24.6 Å². The first-order valence-corrected chi connectivity index (χ1v) is 11.7. The van der Waals surface area contributed by atoms with Crippen LogP contribution in [0.4, 0.5) is 0 Å². The van der Waals surface area contributed by atoms with Gasteiger partial charge in [-0.3, -0.25) is 0 Å². The Hall–Kier alpha value is -0.600. The molecule has 0 aliphatic carbocycles. The fourth-order valence-corrected chi connectivity index (χ4v) is 4.35. The van der Waals surface area contributed by atoms with Gasteiger partial charge in [-0.05, 0) is 49.2 Å². The minimum Gasteiger partial charge on any atom is -0.374 e. The van der Waals surface area contributed by atoms with Crippen molar-refractivity contribution in [2.75, 3.05) is 13.7 Å². The van der Waals surface area contributed by atoms with Gasteiger partial charge in [-0.2, -0.15) is 0 Å². The molecule has 0 saturated carbocycles. The molecule has 1 unspecified atom stereocenters. The molecule has 9 heteroatoms. The fraction of sp³-hybridized carbons (Fsp3) is 0.478. The zero-order valence-corrected chi connectivity index (χ0v) is 21.0. The van der Waals surface area contributed by atoms with Crippen molar-refractivity contribution >= 4 is 46.4 Å². The summed E-state index contributed by atoms with van der Waals surface area (Å²) in [4.78, 5) is 0. The molecule has 0 radical (unpaired) electrons. The summed E-state index contributed by atoms with van der Waals surface area (Å²) in [5.41, 5.74) is 1.64. The topological polar surface area (TPSA) is 46.2 Å². The quantitative estimate of drug-likeness (QED) is 0.352. The van der Waals surface area contributed by atoms with Gasteiger partial charge in [-0.25, -0.2) is 0 Å². The van der Waals surface area contributed by atoms with E-state index in [4.69, 9.17) is 70.1 Å². The lowest BCUT2D eigenvalue weighted by atomic mass is 10.1. The van der Waals surface area contributed by atoms with Gasteiger partial charge in [0, 0.05) is 27.2 Å². The maximum atomic E-state index is 6.31. The lowest BCUT2D eigenvalue weighted by Crippen LogP contribution is -2.40. The highest BCUT2D eigenvalue weighted by atomic mass is 35.5. The average molecular weight is 524 g/mol. The first-order valence-electron chi connectivity index (χ1n) is 10.2. The number of halogens is 4. The summed E-state index contributed by atoms with van der Waals surface area (Å²) in [5, 5.41) is 2.22. The molecule has 32 heavy (non-hydrogen) atoms. The minimum absolute atomic E-state index is 0.0426. The van der Waals surface area contributed by atoms with Crippen LogP contribution in [0.1, 0.15) is 25.0 Å². The smallest absolute Gasteiger partial charge is 0.186 e. The second kappa shape index (κ2) is 12.2.